The molecule has 0 radical (unpaired) electrons. The Balaban J connectivity index is 2.50. The number of hydrogen-bond donors (Lipinski definition) is 0. The van der Waals surface area contributed by atoms with E-state index in [1.165, 1.54) is 7.11 Å². The normalized spacial score (nSPS) is 11.1. The Morgan fingerprint density at radius 2 is 2.21 bits per heavy atom. The molecule has 0 saturated carbocycles. The lowest BCUT2D eigenvalue weighted by Gasteiger charge is -2.16. The SMILES string of the molecule is CCc1nn(C)c(CN(C)CCCC(=O)OC)c1Br. The van der Waals surface area contributed by atoms with Gasteiger partial charge in [-0.05, 0) is 42.4 Å². The van der Waals surface area contributed by atoms with E-state index in [2.05, 4.69) is 37.6 Å². The fourth-order valence-electron chi connectivity index (χ4n) is 1.92. The van der Waals surface area contributed by atoms with Gasteiger partial charge in [0.1, 0.15) is 0 Å². The van der Waals surface area contributed by atoms with Crippen LogP contribution in [0.25, 0.3) is 0 Å². The van der Waals surface area contributed by atoms with Crippen LogP contribution in [0.1, 0.15) is 31.2 Å². The van der Waals surface area contributed by atoms with Crippen LogP contribution in [-0.2, 0) is 29.5 Å². The van der Waals surface area contributed by atoms with Crippen molar-refractivity contribution in [2.24, 2.45) is 7.05 Å². The van der Waals surface area contributed by atoms with E-state index in [1.807, 2.05) is 18.8 Å². The third-order valence-corrected chi connectivity index (χ3v) is 3.99. The molecule has 1 aromatic heterocycles. The zero-order valence-corrected chi connectivity index (χ0v) is 13.7. The van der Waals surface area contributed by atoms with Crippen LogP contribution in [0, 0.1) is 0 Å². The number of carbonyl (C=O) groups excluding carboxylic acids is 1. The van der Waals surface area contributed by atoms with E-state index >= 15 is 0 Å². The van der Waals surface area contributed by atoms with Crippen molar-refractivity contribution < 1.29 is 9.53 Å². The Morgan fingerprint density at radius 3 is 2.74 bits per heavy atom. The van der Waals surface area contributed by atoms with E-state index in [1.54, 1.807) is 0 Å². The van der Waals surface area contributed by atoms with E-state index in [9.17, 15) is 4.79 Å². The molecule has 6 heteroatoms. The first-order chi connectivity index (χ1) is 8.99. The molecule has 0 aliphatic heterocycles. The summed E-state index contributed by atoms with van der Waals surface area (Å²) in [5.41, 5.74) is 2.25. The number of hydrogen-bond acceptors (Lipinski definition) is 4. The lowest BCUT2D eigenvalue weighted by Crippen LogP contribution is -2.21. The van der Waals surface area contributed by atoms with E-state index in [0.29, 0.717) is 6.42 Å². The van der Waals surface area contributed by atoms with Crippen molar-refractivity contribution in [3.63, 3.8) is 0 Å². The number of aromatic nitrogens is 2. The average Bonchev–Trinajstić information content (AvgIpc) is 2.65. The summed E-state index contributed by atoms with van der Waals surface area (Å²) in [7, 11) is 5.43. The first-order valence-electron chi connectivity index (χ1n) is 6.45. The van der Waals surface area contributed by atoms with Gasteiger partial charge in [-0.25, -0.2) is 0 Å². The summed E-state index contributed by atoms with van der Waals surface area (Å²) >= 11 is 3.61. The van der Waals surface area contributed by atoms with Gasteiger partial charge in [0.05, 0.1) is 23.0 Å². The van der Waals surface area contributed by atoms with Crippen molar-refractivity contribution in [3.05, 3.63) is 15.9 Å². The van der Waals surface area contributed by atoms with Crippen molar-refractivity contribution in [3.8, 4) is 0 Å². The van der Waals surface area contributed by atoms with Crippen LogP contribution in [0.2, 0.25) is 0 Å². The molecule has 1 rings (SSSR count). The first-order valence-corrected chi connectivity index (χ1v) is 7.24. The molecule has 1 aromatic rings. The molecule has 0 N–H and O–H groups in total. The van der Waals surface area contributed by atoms with Crippen LogP contribution in [0.5, 0.6) is 0 Å². The molecule has 0 amide bonds. The molecular weight excluding hydrogens is 310 g/mol. The zero-order valence-electron chi connectivity index (χ0n) is 12.1. The van der Waals surface area contributed by atoms with Gasteiger partial charge in [0, 0.05) is 20.0 Å². The van der Waals surface area contributed by atoms with Crippen molar-refractivity contribution in [2.75, 3.05) is 20.7 Å². The molecule has 0 bridgehead atoms. The number of aryl methyl sites for hydroxylation is 2. The fourth-order valence-corrected chi connectivity index (χ4v) is 2.66. The maximum absolute atomic E-state index is 11.0. The fraction of sp³-hybridized carbons (Fsp3) is 0.692. The lowest BCUT2D eigenvalue weighted by molar-refractivity contribution is -0.140. The lowest BCUT2D eigenvalue weighted by atomic mass is 10.2. The standard InChI is InChI=1S/C13H22BrN3O2/c1-5-10-13(14)11(17(3)15-10)9-16(2)8-6-7-12(18)19-4/h5-9H2,1-4H3. The Morgan fingerprint density at radius 1 is 1.53 bits per heavy atom. The topological polar surface area (TPSA) is 47.4 Å². The smallest absolute Gasteiger partial charge is 0.305 e. The summed E-state index contributed by atoms with van der Waals surface area (Å²) in [4.78, 5) is 13.2. The number of esters is 1. The molecule has 0 aromatic carbocycles. The van der Waals surface area contributed by atoms with Crippen LogP contribution in [-0.4, -0.2) is 41.4 Å². The maximum Gasteiger partial charge on any atom is 0.305 e. The van der Waals surface area contributed by atoms with Gasteiger partial charge >= 0.3 is 5.97 Å². The molecule has 0 saturated heterocycles. The van der Waals surface area contributed by atoms with Gasteiger partial charge in [-0.3, -0.25) is 9.48 Å². The number of ether oxygens (including phenoxy) is 1. The summed E-state index contributed by atoms with van der Waals surface area (Å²) in [6, 6.07) is 0. The van der Waals surface area contributed by atoms with E-state index in [-0.39, 0.29) is 5.97 Å². The monoisotopic (exact) mass is 331 g/mol. The van der Waals surface area contributed by atoms with Crippen LogP contribution in [0.4, 0.5) is 0 Å². The van der Waals surface area contributed by atoms with Gasteiger partial charge in [0.2, 0.25) is 0 Å². The molecular formula is C13H22BrN3O2. The van der Waals surface area contributed by atoms with Crippen LogP contribution < -0.4 is 0 Å². The first kappa shape index (κ1) is 16.2. The third-order valence-electron chi connectivity index (χ3n) is 3.07. The highest BCUT2D eigenvalue weighted by Crippen LogP contribution is 2.22. The molecule has 0 fully saturated rings. The second kappa shape index (κ2) is 7.65. The Bertz CT molecular complexity index is 432. The second-order valence-corrected chi connectivity index (χ2v) is 5.39. The molecule has 0 spiro atoms. The van der Waals surface area contributed by atoms with Crippen LogP contribution >= 0.6 is 15.9 Å². The minimum atomic E-state index is -0.150. The van der Waals surface area contributed by atoms with Crippen molar-refractivity contribution in [1.29, 1.82) is 0 Å². The second-order valence-electron chi connectivity index (χ2n) is 4.60. The minimum Gasteiger partial charge on any atom is -0.469 e. The summed E-state index contributed by atoms with van der Waals surface area (Å²) in [6.07, 6.45) is 2.19. The molecule has 0 unspecified atom stereocenters. The molecule has 5 nitrogen and oxygen atoms in total. The van der Waals surface area contributed by atoms with Gasteiger partial charge in [-0.1, -0.05) is 6.92 Å². The maximum atomic E-state index is 11.0. The highest BCUT2D eigenvalue weighted by molar-refractivity contribution is 9.10. The summed E-state index contributed by atoms with van der Waals surface area (Å²) < 4.78 is 7.64. The number of carbonyl (C=O) groups is 1. The number of methoxy groups -OCH3 is 1. The summed E-state index contributed by atoms with van der Waals surface area (Å²) in [6.45, 7) is 3.76. The van der Waals surface area contributed by atoms with Crippen molar-refractivity contribution in [1.82, 2.24) is 14.7 Å². The molecule has 19 heavy (non-hydrogen) atoms. The molecule has 1 heterocycles. The van der Waals surface area contributed by atoms with Gasteiger partial charge in [0.25, 0.3) is 0 Å². The third kappa shape index (κ3) is 4.62. The minimum absolute atomic E-state index is 0.150. The van der Waals surface area contributed by atoms with E-state index in [0.717, 1.165) is 41.8 Å². The summed E-state index contributed by atoms with van der Waals surface area (Å²) in [5.74, 6) is -0.150. The van der Waals surface area contributed by atoms with Gasteiger partial charge < -0.3 is 9.64 Å². The van der Waals surface area contributed by atoms with Crippen LogP contribution in [0.15, 0.2) is 4.47 Å². The average molecular weight is 332 g/mol. The Kier molecular flexibility index (Phi) is 6.51. The Hall–Kier alpha value is -0.880. The van der Waals surface area contributed by atoms with Crippen molar-refractivity contribution in [2.45, 2.75) is 32.7 Å². The van der Waals surface area contributed by atoms with Crippen molar-refractivity contribution >= 4 is 21.9 Å². The Labute approximate surface area is 123 Å². The molecule has 108 valence electrons. The summed E-state index contributed by atoms with van der Waals surface area (Å²) in [5, 5.41) is 4.47. The number of rotatable bonds is 7. The van der Waals surface area contributed by atoms with Gasteiger partial charge in [-0.2, -0.15) is 5.10 Å². The molecule has 0 aliphatic carbocycles. The quantitative estimate of drug-likeness (QED) is 0.718. The highest BCUT2D eigenvalue weighted by atomic mass is 79.9. The highest BCUT2D eigenvalue weighted by Gasteiger charge is 2.14. The van der Waals surface area contributed by atoms with E-state index < -0.39 is 0 Å². The number of nitrogens with zero attached hydrogens (tertiary/aromatic N) is 3. The van der Waals surface area contributed by atoms with Crippen LogP contribution in [0.3, 0.4) is 0 Å². The largest absolute Gasteiger partial charge is 0.469 e. The number of halogens is 1. The van der Waals surface area contributed by atoms with Gasteiger partial charge in [-0.15, -0.1) is 0 Å². The predicted molar refractivity (Wildman–Crippen MR) is 77.9 cm³/mol. The molecule has 0 atom stereocenters. The molecule has 0 aliphatic rings. The van der Waals surface area contributed by atoms with E-state index in [4.69, 9.17) is 0 Å². The predicted octanol–water partition coefficient (Wildman–Crippen LogP) is 2.13. The zero-order chi connectivity index (χ0) is 14.4. The van der Waals surface area contributed by atoms with Gasteiger partial charge in [0.15, 0.2) is 0 Å².